The Labute approximate surface area is 66.2 Å². The first kappa shape index (κ1) is 9.50. The molecule has 0 radical (unpaired) electrons. The number of hydrogen-bond donors (Lipinski definition) is 1. The Hall–Kier alpha value is -0.500. The van der Waals surface area contributed by atoms with E-state index in [9.17, 15) is 0 Å². The van der Waals surface area contributed by atoms with Gasteiger partial charge in [-0.05, 0) is 26.7 Å². The van der Waals surface area contributed by atoms with E-state index in [0.717, 1.165) is 23.6 Å². The Morgan fingerprint density at radius 2 is 2.20 bits per heavy atom. The standard InChI is InChI=1S/C7H12ClNO/c1-6(8)4-3-5-7(2)9-10/h4,10H,3,5H2,1-2H3. The molecule has 10 heavy (non-hydrogen) atoms. The molecular weight excluding hydrogens is 150 g/mol. The molecule has 58 valence electrons. The summed E-state index contributed by atoms with van der Waals surface area (Å²) >= 11 is 5.56. The van der Waals surface area contributed by atoms with Crippen molar-refractivity contribution in [1.82, 2.24) is 0 Å². The fourth-order valence-corrected chi connectivity index (χ4v) is 0.639. The van der Waals surface area contributed by atoms with Crippen molar-refractivity contribution >= 4 is 17.3 Å². The second kappa shape index (κ2) is 5.30. The number of halogens is 1. The zero-order chi connectivity index (χ0) is 7.98. The molecule has 3 heteroatoms. The second-order valence-electron chi connectivity index (χ2n) is 2.16. The van der Waals surface area contributed by atoms with E-state index in [-0.39, 0.29) is 0 Å². The quantitative estimate of drug-likeness (QED) is 0.385. The molecule has 0 aliphatic rings. The third-order valence-electron chi connectivity index (χ3n) is 1.10. The zero-order valence-corrected chi connectivity index (χ0v) is 7.02. The molecule has 0 rings (SSSR count). The Morgan fingerprint density at radius 3 is 2.60 bits per heavy atom. The van der Waals surface area contributed by atoms with Gasteiger partial charge in [-0.3, -0.25) is 0 Å². The molecule has 0 aromatic heterocycles. The highest BCUT2D eigenvalue weighted by molar-refractivity contribution is 6.29. The van der Waals surface area contributed by atoms with Crippen molar-refractivity contribution in [1.29, 1.82) is 0 Å². The molecule has 0 spiro atoms. The molecule has 0 aromatic carbocycles. The summed E-state index contributed by atoms with van der Waals surface area (Å²) in [5.74, 6) is 0. The van der Waals surface area contributed by atoms with Crippen molar-refractivity contribution in [3.8, 4) is 0 Å². The lowest BCUT2D eigenvalue weighted by molar-refractivity contribution is 0.317. The predicted octanol–water partition coefficient (Wildman–Crippen LogP) is 2.76. The zero-order valence-electron chi connectivity index (χ0n) is 6.26. The Bertz CT molecular complexity index is 148. The lowest BCUT2D eigenvalue weighted by Crippen LogP contribution is -1.88. The summed E-state index contributed by atoms with van der Waals surface area (Å²) in [5.41, 5.74) is 0.731. The second-order valence-corrected chi connectivity index (χ2v) is 2.76. The van der Waals surface area contributed by atoms with Crippen LogP contribution in [0.1, 0.15) is 26.7 Å². The lowest BCUT2D eigenvalue weighted by Gasteiger charge is -1.91. The van der Waals surface area contributed by atoms with E-state index in [1.165, 1.54) is 0 Å². The van der Waals surface area contributed by atoms with Crippen molar-refractivity contribution in [3.63, 3.8) is 0 Å². The Morgan fingerprint density at radius 1 is 1.60 bits per heavy atom. The van der Waals surface area contributed by atoms with Gasteiger partial charge in [-0.15, -0.1) is 0 Å². The normalized spacial score (nSPS) is 13.9. The number of oxime groups is 1. The highest BCUT2D eigenvalue weighted by Crippen LogP contribution is 2.02. The smallest absolute Gasteiger partial charge is 0.0543 e. The van der Waals surface area contributed by atoms with Gasteiger partial charge in [-0.25, -0.2) is 0 Å². The van der Waals surface area contributed by atoms with Gasteiger partial charge in [0.25, 0.3) is 0 Å². The summed E-state index contributed by atoms with van der Waals surface area (Å²) in [6.45, 7) is 3.60. The summed E-state index contributed by atoms with van der Waals surface area (Å²) < 4.78 is 0. The van der Waals surface area contributed by atoms with E-state index in [2.05, 4.69) is 5.16 Å². The molecule has 1 N–H and O–H groups in total. The van der Waals surface area contributed by atoms with Gasteiger partial charge in [0, 0.05) is 5.03 Å². The van der Waals surface area contributed by atoms with E-state index >= 15 is 0 Å². The molecule has 0 saturated heterocycles. The van der Waals surface area contributed by atoms with Crippen LogP contribution in [0, 0.1) is 0 Å². The van der Waals surface area contributed by atoms with E-state index < -0.39 is 0 Å². The Balaban J connectivity index is 3.47. The number of hydrogen-bond acceptors (Lipinski definition) is 2. The molecular formula is C7H12ClNO. The molecule has 0 atom stereocenters. The van der Waals surface area contributed by atoms with Crippen LogP contribution in [0.25, 0.3) is 0 Å². The van der Waals surface area contributed by atoms with Crippen LogP contribution in [-0.2, 0) is 0 Å². The van der Waals surface area contributed by atoms with Crippen molar-refractivity contribution in [3.05, 3.63) is 11.1 Å². The van der Waals surface area contributed by atoms with Crippen LogP contribution in [0.5, 0.6) is 0 Å². The van der Waals surface area contributed by atoms with E-state index in [1.807, 2.05) is 13.0 Å². The fourth-order valence-electron chi connectivity index (χ4n) is 0.530. The first-order valence-electron chi connectivity index (χ1n) is 3.16. The van der Waals surface area contributed by atoms with Gasteiger partial charge in [0.2, 0.25) is 0 Å². The maximum absolute atomic E-state index is 8.23. The molecule has 0 unspecified atom stereocenters. The SMILES string of the molecule is CC(Cl)=CCCC(C)=NO. The largest absolute Gasteiger partial charge is 0.411 e. The van der Waals surface area contributed by atoms with Gasteiger partial charge >= 0.3 is 0 Å². The molecule has 0 heterocycles. The maximum Gasteiger partial charge on any atom is 0.0543 e. The lowest BCUT2D eigenvalue weighted by atomic mass is 10.2. The van der Waals surface area contributed by atoms with Gasteiger partial charge < -0.3 is 5.21 Å². The van der Waals surface area contributed by atoms with Gasteiger partial charge in [-0.1, -0.05) is 22.8 Å². The summed E-state index contributed by atoms with van der Waals surface area (Å²) in [6, 6.07) is 0. The van der Waals surface area contributed by atoms with Crippen molar-refractivity contribution in [2.45, 2.75) is 26.7 Å². The monoisotopic (exact) mass is 161 g/mol. The van der Waals surface area contributed by atoms with Gasteiger partial charge in [0.15, 0.2) is 0 Å². The summed E-state index contributed by atoms with van der Waals surface area (Å²) in [5, 5.41) is 12.0. The number of allylic oxidation sites excluding steroid dienone is 2. The fraction of sp³-hybridized carbons (Fsp3) is 0.571. The van der Waals surface area contributed by atoms with E-state index in [4.69, 9.17) is 16.8 Å². The average Bonchev–Trinajstić information content (AvgIpc) is 1.87. The summed E-state index contributed by atoms with van der Waals surface area (Å²) in [7, 11) is 0. The van der Waals surface area contributed by atoms with E-state index in [0.29, 0.717) is 0 Å². The van der Waals surface area contributed by atoms with Crippen LogP contribution in [0.2, 0.25) is 0 Å². The minimum absolute atomic E-state index is 0.731. The highest BCUT2D eigenvalue weighted by Gasteiger charge is 1.88. The van der Waals surface area contributed by atoms with Crippen LogP contribution in [0.4, 0.5) is 0 Å². The van der Waals surface area contributed by atoms with E-state index in [1.54, 1.807) is 6.92 Å². The average molecular weight is 162 g/mol. The summed E-state index contributed by atoms with van der Waals surface area (Å²) in [4.78, 5) is 0. The molecule has 0 aliphatic heterocycles. The van der Waals surface area contributed by atoms with Crippen LogP contribution < -0.4 is 0 Å². The van der Waals surface area contributed by atoms with Crippen LogP contribution in [0.3, 0.4) is 0 Å². The van der Waals surface area contributed by atoms with Gasteiger partial charge in [0.05, 0.1) is 5.71 Å². The highest BCUT2D eigenvalue weighted by atomic mass is 35.5. The van der Waals surface area contributed by atoms with Crippen molar-refractivity contribution in [2.24, 2.45) is 5.16 Å². The molecule has 0 fully saturated rings. The molecule has 0 bridgehead atoms. The molecule has 2 nitrogen and oxygen atoms in total. The van der Waals surface area contributed by atoms with Crippen molar-refractivity contribution < 1.29 is 5.21 Å². The minimum atomic E-state index is 0.731. The molecule has 0 aromatic rings. The minimum Gasteiger partial charge on any atom is -0.411 e. The van der Waals surface area contributed by atoms with Crippen LogP contribution in [0.15, 0.2) is 16.3 Å². The first-order chi connectivity index (χ1) is 4.66. The van der Waals surface area contributed by atoms with Crippen LogP contribution in [-0.4, -0.2) is 10.9 Å². The van der Waals surface area contributed by atoms with Gasteiger partial charge in [0.1, 0.15) is 0 Å². The maximum atomic E-state index is 8.23. The third kappa shape index (κ3) is 5.63. The summed E-state index contributed by atoms with van der Waals surface area (Å²) in [6.07, 6.45) is 3.50. The predicted molar refractivity (Wildman–Crippen MR) is 43.7 cm³/mol. The first-order valence-corrected chi connectivity index (χ1v) is 3.54. The number of nitrogens with zero attached hydrogens (tertiary/aromatic N) is 1. The third-order valence-corrected chi connectivity index (χ3v) is 1.26. The molecule has 0 aliphatic carbocycles. The Kier molecular flexibility index (Phi) is 5.03. The van der Waals surface area contributed by atoms with Crippen molar-refractivity contribution in [2.75, 3.05) is 0 Å². The van der Waals surface area contributed by atoms with Crippen LogP contribution >= 0.6 is 11.6 Å². The van der Waals surface area contributed by atoms with Gasteiger partial charge in [-0.2, -0.15) is 0 Å². The topological polar surface area (TPSA) is 32.6 Å². The molecule has 0 amide bonds. The molecule has 0 saturated carbocycles. The number of rotatable bonds is 3.